The molecular weight excluding hydrogens is 234 g/mol. The fourth-order valence-electron chi connectivity index (χ4n) is 2.68. The quantitative estimate of drug-likeness (QED) is 0.374. The van der Waals surface area contributed by atoms with Crippen molar-refractivity contribution in [1.82, 2.24) is 0 Å². The molecule has 0 atom stereocenters. The predicted octanol–water partition coefficient (Wildman–Crippen LogP) is 4.87. The van der Waals surface area contributed by atoms with E-state index >= 15 is 0 Å². The molecule has 2 N–H and O–H groups in total. The fraction of sp³-hybridized carbons (Fsp3) is 0.824. The topological polar surface area (TPSA) is 43.1 Å². The lowest BCUT2D eigenvalue weighted by molar-refractivity contribution is -0.118. The van der Waals surface area contributed by atoms with E-state index in [-0.39, 0.29) is 5.91 Å². The van der Waals surface area contributed by atoms with Gasteiger partial charge in [-0.2, -0.15) is 0 Å². The summed E-state index contributed by atoms with van der Waals surface area (Å²) in [5, 5.41) is 0. The molecule has 0 radical (unpaired) electrons. The fourth-order valence-corrected chi connectivity index (χ4v) is 2.68. The van der Waals surface area contributed by atoms with Gasteiger partial charge in [-0.25, -0.2) is 0 Å². The molecule has 0 fully saturated rings. The molecule has 2 heteroatoms. The van der Waals surface area contributed by atoms with E-state index in [0.717, 1.165) is 12.8 Å². The normalized spacial score (nSPS) is 13.9. The maximum atomic E-state index is 10.6. The Hall–Kier alpha value is -0.790. The third-order valence-electron chi connectivity index (χ3n) is 4.04. The largest absolute Gasteiger partial charge is 0.370 e. The van der Waals surface area contributed by atoms with Gasteiger partial charge < -0.3 is 5.73 Å². The number of nitrogens with two attached hydrogens (primary N) is 1. The van der Waals surface area contributed by atoms with E-state index in [1.807, 2.05) is 0 Å². The number of unbranched alkanes of at least 4 members (excludes halogenated alkanes) is 7. The number of carbonyl (C=O) groups excluding carboxylic acids is 1. The predicted molar refractivity (Wildman–Crippen MR) is 81.9 cm³/mol. The molecule has 110 valence electrons. The highest BCUT2D eigenvalue weighted by atomic mass is 16.1. The molecule has 0 spiro atoms. The Labute approximate surface area is 118 Å². The first-order chi connectivity index (χ1) is 9.24. The minimum Gasteiger partial charge on any atom is -0.370 e. The summed E-state index contributed by atoms with van der Waals surface area (Å²) in [5.74, 6) is -0.158. The van der Waals surface area contributed by atoms with Crippen LogP contribution in [0.2, 0.25) is 0 Å². The second-order valence-electron chi connectivity index (χ2n) is 5.93. The number of hydrogen-bond acceptors (Lipinski definition) is 1. The third kappa shape index (κ3) is 8.85. The van der Waals surface area contributed by atoms with Gasteiger partial charge in [0.2, 0.25) is 5.91 Å². The Kier molecular flexibility index (Phi) is 8.61. The summed E-state index contributed by atoms with van der Waals surface area (Å²) < 4.78 is 0. The van der Waals surface area contributed by atoms with Crippen LogP contribution in [0.1, 0.15) is 90.4 Å². The van der Waals surface area contributed by atoms with Crippen LogP contribution in [0.3, 0.4) is 0 Å². The summed E-state index contributed by atoms with van der Waals surface area (Å²) in [5.41, 5.74) is 8.58. The maximum absolute atomic E-state index is 10.6. The van der Waals surface area contributed by atoms with Gasteiger partial charge in [0.1, 0.15) is 0 Å². The second kappa shape index (κ2) is 10.1. The van der Waals surface area contributed by atoms with Crippen molar-refractivity contribution in [1.29, 1.82) is 0 Å². The molecule has 0 aromatic heterocycles. The van der Waals surface area contributed by atoms with Crippen LogP contribution in [0, 0.1) is 0 Å². The summed E-state index contributed by atoms with van der Waals surface area (Å²) in [6, 6.07) is 0. The van der Waals surface area contributed by atoms with E-state index in [1.165, 1.54) is 64.2 Å². The van der Waals surface area contributed by atoms with Gasteiger partial charge in [0, 0.05) is 6.42 Å². The first-order valence-corrected chi connectivity index (χ1v) is 8.22. The number of allylic oxidation sites excluding steroid dienone is 2. The van der Waals surface area contributed by atoms with E-state index in [0.29, 0.717) is 6.42 Å². The molecule has 0 heterocycles. The zero-order chi connectivity index (χ0) is 13.9. The van der Waals surface area contributed by atoms with Crippen molar-refractivity contribution in [2.45, 2.75) is 90.4 Å². The van der Waals surface area contributed by atoms with Crippen LogP contribution >= 0.6 is 0 Å². The lowest BCUT2D eigenvalue weighted by Crippen LogP contribution is -2.09. The molecular formula is C17H31NO. The van der Waals surface area contributed by atoms with E-state index in [4.69, 9.17) is 5.73 Å². The van der Waals surface area contributed by atoms with Gasteiger partial charge in [-0.15, -0.1) is 0 Å². The van der Waals surface area contributed by atoms with Crippen LogP contribution in [0.4, 0.5) is 0 Å². The molecule has 0 aromatic carbocycles. The summed E-state index contributed by atoms with van der Waals surface area (Å²) >= 11 is 0. The summed E-state index contributed by atoms with van der Waals surface area (Å²) in [7, 11) is 0. The van der Waals surface area contributed by atoms with Crippen molar-refractivity contribution in [2.75, 3.05) is 0 Å². The van der Waals surface area contributed by atoms with Gasteiger partial charge in [0.25, 0.3) is 0 Å². The van der Waals surface area contributed by atoms with E-state index in [9.17, 15) is 4.79 Å². The molecule has 1 aliphatic carbocycles. The minimum absolute atomic E-state index is 0.158. The first-order valence-electron chi connectivity index (χ1n) is 8.22. The maximum Gasteiger partial charge on any atom is 0.217 e. The molecule has 1 rings (SSSR count). The van der Waals surface area contributed by atoms with Crippen LogP contribution in [0.5, 0.6) is 0 Å². The van der Waals surface area contributed by atoms with Gasteiger partial charge in [-0.3, -0.25) is 4.79 Å². The molecule has 0 aliphatic heterocycles. The standard InChI is InChI=1S/C17H31NO/c1-2-3-4-5-6-8-11-15-14-16(15)12-9-7-10-13-17(18)19/h2-14H2,1H3,(H2,18,19). The van der Waals surface area contributed by atoms with Gasteiger partial charge in [0.15, 0.2) is 0 Å². The van der Waals surface area contributed by atoms with Crippen LogP contribution in [-0.2, 0) is 4.79 Å². The van der Waals surface area contributed by atoms with Crippen molar-refractivity contribution in [3.05, 3.63) is 11.1 Å². The number of carbonyl (C=O) groups is 1. The average Bonchev–Trinajstić information content (AvgIpc) is 3.11. The number of hydrogen-bond donors (Lipinski definition) is 1. The second-order valence-corrected chi connectivity index (χ2v) is 5.93. The number of primary amides is 1. The van der Waals surface area contributed by atoms with Crippen LogP contribution < -0.4 is 5.73 Å². The van der Waals surface area contributed by atoms with Crippen molar-refractivity contribution in [3.8, 4) is 0 Å². The zero-order valence-corrected chi connectivity index (χ0v) is 12.7. The molecule has 19 heavy (non-hydrogen) atoms. The highest BCUT2D eigenvalue weighted by Gasteiger charge is 2.19. The monoisotopic (exact) mass is 265 g/mol. The zero-order valence-electron chi connectivity index (χ0n) is 12.7. The van der Waals surface area contributed by atoms with Crippen LogP contribution in [0.25, 0.3) is 0 Å². The highest BCUT2D eigenvalue weighted by Crippen LogP contribution is 2.38. The average molecular weight is 265 g/mol. The Bertz CT molecular complexity index is 294. The molecule has 1 aliphatic rings. The summed E-state index contributed by atoms with van der Waals surface area (Å²) in [4.78, 5) is 10.6. The summed E-state index contributed by atoms with van der Waals surface area (Å²) in [6.45, 7) is 2.27. The first kappa shape index (κ1) is 16.3. The Balaban J connectivity index is 1.88. The van der Waals surface area contributed by atoms with Gasteiger partial charge in [-0.1, -0.05) is 56.6 Å². The van der Waals surface area contributed by atoms with Gasteiger partial charge in [-0.05, 0) is 38.5 Å². The lowest BCUT2D eigenvalue weighted by Gasteiger charge is -1.98. The Morgan fingerprint density at radius 1 is 0.895 bits per heavy atom. The third-order valence-corrected chi connectivity index (χ3v) is 4.04. The van der Waals surface area contributed by atoms with Crippen molar-refractivity contribution in [3.63, 3.8) is 0 Å². The van der Waals surface area contributed by atoms with Gasteiger partial charge in [0.05, 0.1) is 0 Å². The molecule has 0 bridgehead atoms. The van der Waals surface area contributed by atoms with Crippen molar-refractivity contribution >= 4 is 5.91 Å². The van der Waals surface area contributed by atoms with Crippen molar-refractivity contribution in [2.24, 2.45) is 5.73 Å². The van der Waals surface area contributed by atoms with Crippen LogP contribution in [0.15, 0.2) is 11.1 Å². The van der Waals surface area contributed by atoms with E-state index in [1.54, 1.807) is 11.1 Å². The SMILES string of the molecule is CCCCCCCCC1=C(CCCCCC(N)=O)C1. The number of amides is 1. The smallest absolute Gasteiger partial charge is 0.217 e. The van der Waals surface area contributed by atoms with Gasteiger partial charge >= 0.3 is 0 Å². The van der Waals surface area contributed by atoms with Crippen molar-refractivity contribution < 1.29 is 4.79 Å². The summed E-state index contributed by atoms with van der Waals surface area (Å²) in [6.07, 6.45) is 16.2. The Morgan fingerprint density at radius 2 is 1.42 bits per heavy atom. The Morgan fingerprint density at radius 3 is 2.00 bits per heavy atom. The highest BCUT2D eigenvalue weighted by molar-refractivity contribution is 5.73. The molecule has 0 aromatic rings. The molecule has 1 amide bonds. The lowest BCUT2D eigenvalue weighted by atomic mass is 10.1. The molecule has 0 saturated heterocycles. The molecule has 2 nitrogen and oxygen atoms in total. The van der Waals surface area contributed by atoms with E-state index < -0.39 is 0 Å². The molecule has 0 unspecified atom stereocenters. The minimum atomic E-state index is -0.158. The van der Waals surface area contributed by atoms with Crippen LogP contribution in [-0.4, -0.2) is 5.91 Å². The molecule has 0 saturated carbocycles. The number of rotatable bonds is 13. The van der Waals surface area contributed by atoms with E-state index in [2.05, 4.69) is 6.92 Å².